The Morgan fingerprint density at radius 2 is 0.771 bits per heavy atom. The van der Waals surface area contributed by atoms with Crippen molar-refractivity contribution in [1.29, 1.82) is 0 Å². The van der Waals surface area contributed by atoms with E-state index in [0.29, 0.717) is 0 Å². The van der Waals surface area contributed by atoms with Crippen molar-refractivity contribution in [3.05, 3.63) is 69.4 Å². The van der Waals surface area contributed by atoms with Crippen LogP contribution in [0.25, 0.3) is 31.7 Å². The third-order valence-corrected chi connectivity index (χ3v) is 12.4. The highest BCUT2D eigenvalue weighted by Crippen LogP contribution is 2.45. The van der Waals surface area contributed by atoms with E-state index in [2.05, 4.69) is 103 Å². The number of hydrogen-bond donors (Lipinski definition) is 0. The highest BCUT2D eigenvalue weighted by molar-refractivity contribution is 7.14. The lowest BCUT2D eigenvalue weighted by molar-refractivity contribution is 0.576. The van der Waals surface area contributed by atoms with E-state index in [-0.39, 0.29) is 10.8 Å². The molecule has 0 saturated heterocycles. The van der Waals surface area contributed by atoms with Crippen LogP contribution in [-0.4, -0.2) is 0 Å². The predicted molar refractivity (Wildman–Crippen MR) is 221 cm³/mol. The Hall–Kier alpha value is -1.90. The summed E-state index contributed by atoms with van der Waals surface area (Å²) in [6, 6.07) is 15.0. The Bertz CT molecular complexity index is 1400. The zero-order chi connectivity index (χ0) is 34.6. The van der Waals surface area contributed by atoms with Crippen molar-refractivity contribution in [2.24, 2.45) is 0 Å². The van der Waals surface area contributed by atoms with Crippen molar-refractivity contribution in [2.45, 2.75) is 182 Å². The van der Waals surface area contributed by atoms with Gasteiger partial charge < -0.3 is 0 Å². The van der Waals surface area contributed by atoms with E-state index >= 15 is 0 Å². The van der Waals surface area contributed by atoms with Crippen molar-refractivity contribution in [3.8, 4) is 20.9 Å². The van der Waals surface area contributed by atoms with Crippen molar-refractivity contribution >= 4 is 33.4 Å². The fraction of sp³-hybridized carbons (Fsp3) is 0.609. The van der Waals surface area contributed by atoms with E-state index < -0.39 is 0 Å². The minimum Gasteiger partial charge on any atom is -0.144 e. The fourth-order valence-electron chi connectivity index (χ4n) is 7.14. The summed E-state index contributed by atoms with van der Waals surface area (Å²) in [5.41, 5.74) is 9.05. The predicted octanol–water partition coefficient (Wildman–Crippen LogP) is 16.3. The molecule has 0 radical (unpaired) electrons. The van der Waals surface area contributed by atoms with E-state index in [4.69, 9.17) is 0 Å². The van der Waals surface area contributed by atoms with Gasteiger partial charge in [0.1, 0.15) is 0 Å². The summed E-state index contributed by atoms with van der Waals surface area (Å²) in [5, 5.41) is 7.58. The van der Waals surface area contributed by atoms with Crippen LogP contribution >= 0.6 is 22.7 Å². The number of benzene rings is 2. The summed E-state index contributed by atoms with van der Waals surface area (Å²) in [6.07, 6.45) is 24.3. The van der Waals surface area contributed by atoms with Gasteiger partial charge in [0, 0.05) is 20.9 Å². The highest BCUT2D eigenvalue weighted by atomic mass is 32.1. The molecule has 2 aromatic heterocycles. The van der Waals surface area contributed by atoms with Crippen molar-refractivity contribution < 1.29 is 0 Å². The zero-order valence-corrected chi connectivity index (χ0v) is 33.8. The monoisotopic (exact) mass is 684 g/mol. The summed E-state index contributed by atoms with van der Waals surface area (Å²) >= 11 is 3.92. The molecular formula is C46H68S2. The maximum absolute atomic E-state index is 2.55. The molecule has 0 saturated carbocycles. The molecule has 0 nitrogen and oxygen atoms in total. The molecule has 0 atom stereocenters. The molecule has 0 aliphatic heterocycles. The first kappa shape index (κ1) is 38.9. The van der Waals surface area contributed by atoms with E-state index in [0.717, 1.165) is 0 Å². The summed E-state index contributed by atoms with van der Waals surface area (Å²) < 4.78 is 0. The van der Waals surface area contributed by atoms with Gasteiger partial charge in [0.2, 0.25) is 0 Å². The quantitative estimate of drug-likeness (QED) is 0.0813. The minimum atomic E-state index is 0.0769. The van der Waals surface area contributed by atoms with Crippen LogP contribution in [0.2, 0.25) is 0 Å². The van der Waals surface area contributed by atoms with Crippen LogP contribution in [0.5, 0.6) is 0 Å². The molecule has 0 aliphatic carbocycles. The molecule has 2 heterocycles. The van der Waals surface area contributed by atoms with Gasteiger partial charge in [0.05, 0.1) is 0 Å². The molecule has 2 aromatic carbocycles. The first-order valence-corrected chi connectivity index (χ1v) is 21.6. The first-order chi connectivity index (χ1) is 23.0. The second-order valence-electron chi connectivity index (χ2n) is 16.6. The van der Waals surface area contributed by atoms with Crippen LogP contribution in [0.1, 0.15) is 180 Å². The lowest BCUT2D eigenvalue weighted by atomic mass is 9.79. The normalized spacial score (nSPS) is 12.4. The maximum atomic E-state index is 2.55. The lowest BCUT2D eigenvalue weighted by Gasteiger charge is -2.26. The number of hydrogen-bond acceptors (Lipinski definition) is 2. The molecule has 0 unspecified atom stereocenters. The maximum Gasteiger partial charge on any atom is 0.0381 e. The van der Waals surface area contributed by atoms with Crippen LogP contribution < -0.4 is 0 Å². The van der Waals surface area contributed by atoms with Crippen molar-refractivity contribution in [2.75, 3.05) is 0 Å². The van der Waals surface area contributed by atoms with E-state index in [9.17, 15) is 0 Å². The van der Waals surface area contributed by atoms with Gasteiger partial charge in [-0.3, -0.25) is 0 Å². The third kappa shape index (κ3) is 11.1. The van der Waals surface area contributed by atoms with Gasteiger partial charge in [-0.15, -0.1) is 22.7 Å². The molecule has 4 rings (SSSR count). The van der Waals surface area contributed by atoms with Gasteiger partial charge in [0.25, 0.3) is 0 Å². The highest BCUT2D eigenvalue weighted by Gasteiger charge is 2.24. The Balaban J connectivity index is 1.68. The van der Waals surface area contributed by atoms with Crippen LogP contribution in [0.15, 0.2) is 47.2 Å². The second-order valence-corrected chi connectivity index (χ2v) is 18.5. The average Bonchev–Trinajstić information content (AvgIpc) is 3.71. The molecular weight excluding hydrogens is 617 g/mol. The largest absolute Gasteiger partial charge is 0.144 e. The van der Waals surface area contributed by atoms with Gasteiger partial charge >= 0.3 is 0 Å². The number of fused-ring (bicyclic) bond motifs is 1. The summed E-state index contributed by atoms with van der Waals surface area (Å²) in [7, 11) is 0. The van der Waals surface area contributed by atoms with E-state index in [1.165, 1.54) is 158 Å². The van der Waals surface area contributed by atoms with Gasteiger partial charge in [-0.1, -0.05) is 145 Å². The Morgan fingerprint density at radius 1 is 0.438 bits per heavy atom. The molecule has 0 spiro atoms. The smallest absolute Gasteiger partial charge is 0.0381 e. The molecule has 4 aromatic rings. The summed E-state index contributed by atoms with van der Waals surface area (Å²) in [5.74, 6) is 0. The summed E-state index contributed by atoms with van der Waals surface area (Å²) in [4.78, 5) is 2.99. The standard InChI is InChI=1S/C46H68S2/c1-9-11-13-15-17-19-21-23-25-35-27-29-47-43(35)41-33-37(45(3,4)5)32-40-39(41)31-38(46(6,7)8)34-42(40)44-36(28-30-48-44)26-24-22-20-18-16-14-12-10-2/h27-34H,9-26H2,1-8H3. The van der Waals surface area contributed by atoms with Crippen LogP contribution in [0.4, 0.5) is 0 Å². The van der Waals surface area contributed by atoms with Gasteiger partial charge in [0.15, 0.2) is 0 Å². The molecule has 0 aliphatic rings. The Morgan fingerprint density at radius 3 is 1.10 bits per heavy atom. The van der Waals surface area contributed by atoms with Crippen molar-refractivity contribution in [1.82, 2.24) is 0 Å². The van der Waals surface area contributed by atoms with Crippen LogP contribution in [0.3, 0.4) is 0 Å². The van der Waals surface area contributed by atoms with Gasteiger partial charge in [-0.25, -0.2) is 0 Å². The number of unbranched alkanes of at least 4 members (excludes halogenated alkanes) is 14. The Labute approximate surface area is 304 Å². The van der Waals surface area contributed by atoms with Gasteiger partial charge in [-0.2, -0.15) is 0 Å². The van der Waals surface area contributed by atoms with Crippen LogP contribution in [0, 0.1) is 0 Å². The van der Waals surface area contributed by atoms with Gasteiger partial charge in [-0.05, 0) is 117 Å². The molecule has 2 heteroatoms. The molecule has 0 bridgehead atoms. The van der Waals surface area contributed by atoms with E-state index in [1.54, 1.807) is 11.1 Å². The minimum absolute atomic E-state index is 0.0769. The molecule has 0 fully saturated rings. The van der Waals surface area contributed by atoms with Crippen LogP contribution in [-0.2, 0) is 23.7 Å². The van der Waals surface area contributed by atoms with E-state index in [1.807, 2.05) is 22.7 Å². The van der Waals surface area contributed by atoms with Crippen molar-refractivity contribution in [3.63, 3.8) is 0 Å². The first-order valence-electron chi connectivity index (χ1n) is 19.8. The number of thiophene rings is 2. The third-order valence-electron chi connectivity index (χ3n) is 10.4. The number of rotatable bonds is 20. The Kier molecular flexibility index (Phi) is 15.3. The molecule has 0 amide bonds. The molecule has 0 N–H and O–H groups in total. The molecule has 48 heavy (non-hydrogen) atoms. The average molecular weight is 685 g/mol. The number of aryl methyl sites for hydroxylation is 2. The molecule has 264 valence electrons. The fourth-order valence-corrected chi connectivity index (χ4v) is 9.11. The second kappa shape index (κ2) is 18.9. The topological polar surface area (TPSA) is 0 Å². The summed E-state index contributed by atoms with van der Waals surface area (Å²) in [6.45, 7) is 18.9. The SMILES string of the molecule is CCCCCCCCCCc1ccsc1-c1cc(C(C)(C)C)cc2c(-c3sccc3CCCCCCCCCC)cc(C(C)(C)C)cc12. The zero-order valence-electron chi connectivity index (χ0n) is 32.2. The lowest BCUT2D eigenvalue weighted by Crippen LogP contribution is -2.13.